The van der Waals surface area contributed by atoms with Crippen molar-refractivity contribution in [3.05, 3.63) is 18.3 Å². The summed E-state index contributed by atoms with van der Waals surface area (Å²) in [6, 6.07) is 2.59. The highest BCUT2D eigenvalue weighted by Crippen LogP contribution is 2.29. The Hall–Kier alpha value is -1.22. The molecule has 0 amide bonds. The van der Waals surface area contributed by atoms with E-state index < -0.39 is 10.0 Å². The Morgan fingerprint density at radius 1 is 1.58 bits per heavy atom. The lowest BCUT2D eigenvalue weighted by Crippen LogP contribution is -2.39. The predicted octanol–water partition coefficient (Wildman–Crippen LogP) is -0.241. The van der Waals surface area contributed by atoms with Gasteiger partial charge in [0, 0.05) is 12.7 Å². The molecule has 0 bridgehead atoms. The lowest BCUT2D eigenvalue weighted by atomic mass is 10.0. The Morgan fingerprint density at radius 2 is 2.32 bits per heavy atom. The smallest absolute Gasteiger partial charge is 0.244 e. The number of hydrazine groups is 1. The number of aliphatic hydroxyl groups is 1. The predicted molar refractivity (Wildman–Crippen MR) is 70.6 cm³/mol. The molecule has 2 rings (SSSR count). The van der Waals surface area contributed by atoms with Crippen LogP contribution in [0.25, 0.3) is 0 Å². The summed E-state index contributed by atoms with van der Waals surface area (Å²) in [5.74, 6) is 5.73. The summed E-state index contributed by atoms with van der Waals surface area (Å²) in [7, 11) is -3.62. The Morgan fingerprint density at radius 3 is 2.84 bits per heavy atom. The maximum Gasteiger partial charge on any atom is 0.244 e. The summed E-state index contributed by atoms with van der Waals surface area (Å²) < 4.78 is 26.3. The Balaban J connectivity index is 2.31. The van der Waals surface area contributed by atoms with E-state index in [4.69, 9.17) is 5.84 Å². The number of aliphatic hydroxyl groups excluding tert-OH is 1. The molecule has 1 saturated heterocycles. The molecule has 0 aliphatic carbocycles. The first-order valence-electron chi connectivity index (χ1n) is 6.06. The van der Waals surface area contributed by atoms with Crippen molar-refractivity contribution in [2.45, 2.75) is 24.3 Å². The first-order valence-corrected chi connectivity index (χ1v) is 7.50. The average molecular weight is 286 g/mol. The van der Waals surface area contributed by atoms with Crippen molar-refractivity contribution in [3.8, 4) is 0 Å². The van der Waals surface area contributed by atoms with Crippen LogP contribution < -0.4 is 11.3 Å². The molecule has 0 radical (unpaired) electrons. The van der Waals surface area contributed by atoms with Crippen LogP contribution in [-0.2, 0) is 10.0 Å². The van der Waals surface area contributed by atoms with E-state index in [-0.39, 0.29) is 23.5 Å². The molecule has 2 atom stereocenters. The molecule has 4 N–H and O–H groups in total. The third-order valence-corrected chi connectivity index (χ3v) is 5.42. The molecule has 19 heavy (non-hydrogen) atoms. The van der Waals surface area contributed by atoms with E-state index in [1.54, 1.807) is 0 Å². The number of anilines is 1. The fourth-order valence-electron chi connectivity index (χ4n) is 2.30. The van der Waals surface area contributed by atoms with Crippen molar-refractivity contribution >= 4 is 15.8 Å². The molecule has 1 aromatic heterocycles. The number of nitrogens with one attached hydrogen (secondary N) is 1. The summed E-state index contributed by atoms with van der Waals surface area (Å²) in [5, 5.41) is 9.35. The van der Waals surface area contributed by atoms with Crippen LogP contribution >= 0.6 is 0 Å². The number of pyridine rings is 1. The van der Waals surface area contributed by atoms with Crippen LogP contribution in [-0.4, -0.2) is 42.0 Å². The lowest BCUT2D eigenvalue weighted by molar-refractivity contribution is 0.191. The summed E-state index contributed by atoms with van der Waals surface area (Å²) >= 11 is 0. The lowest BCUT2D eigenvalue weighted by Gasteiger charge is -2.24. The van der Waals surface area contributed by atoms with Gasteiger partial charge < -0.3 is 10.5 Å². The van der Waals surface area contributed by atoms with Crippen LogP contribution in [0.3, 0.4) is 0 Å². The maximum atomic E-state index is 12.5. The van der Waals surface area contributed by atoms with Gasteiger partial charge >= 0.3 is 0 Å². The standard InChI is InChI=1S/C11H18N4O3S/c1-8-4-5-15(10(8)7-16)19(17,18)9-2-3-11(14-12)13-6-9/h2-3,6,8,10,16H,4-5,7,12H2,1H3,(H,13,14). The monoisotopic (exact) mass is 286 g/mol. The van der Waals surface area contributed by atoms with Crippen LogP contribution in [0.1, 0.15) is 13.3 Å². The molecule has 2 unspecified atom stereocenters. The van der Waals surface area contributed by atoms with Gasteiger partial charge in [0.25, 0.3) is 0 Å². The number of nitrogens with two attached hydrogens (primary N) is 1. The highest BCUT2D eigenvalue weighted by Gasteiger charge is 2.39. The third-order valence-electron chi connectivity index (χ3n) is 3.51. The van der Waals surface area contributed by atoms with Crippen molar-refractivity contribution in [1.29, 1.82) is 0 Å². The van der Waals surface area contributed by atoms with Gasteiger partial charge in [-0.2, -0.15) is 4.31 Å². The highest BCUT2D eigenvalue weighted by molar-refractivity contribution is 7.89. The van der Waals surface area contributed by atoms with Gasteiger partial charge in [0.1, 0.15) is 10.7 Å². The number of sulfonamides is 1. The van der Waals surface area contributed by atoms with Gasteiger partial charge in [0.05, 0.1) is 12.6 Å². The molecule has 1 aliphatic heterocycles. The maximum absolute atomic E-state index is 12.5. The zero-order chi connectivity index (χ0) is 14.0. The van der Waals surface area contributed by atoms with Crippen LogP contribution in [0.15, 0.2) is 23.2 Å². The Kier molecular flexibility index (Phi) is 4.04. The van der Waals surface area contributed by atoms with Crippen LogP contribution in [0, 0.1) is 5.92 Å². The van der Waals surface area contributed by atoms with Crippen molar-refractivity contribution < 1.29 is 13.5 Å². The number of aromatic nitrogens is 1. The summed E-state index contributed by atoms with van der Waals surface area (Å²) in [4.78, 5) is 4.01. The van der Waals surface area contributed by atoms with Gasteiger partial charge in [0.15, 0.2) is 0 Å². The van der Waals surface area contributed by atoms with Crippen molar-refractivity contribution in [3.63, 3.8) is 0 Å². The second-order valence-corrected chi connectivity index (χ2v) is 6.55. The van der Waals surface area contributed by atoms with Crippen molar-refractivity contribution in [2.24, 2.45) is 11.8 Å². The van der Waals surface area contributed by atoms with Gasteiger partial charge in [-0.05, 0) is 24.5 Å². The fourth-order valence-corrected chi connectivity index (χ4v) is 3.97. The first-order chi connectivity index (χ1) is 9.00. The zero-order valence-corrected chi connectivity index (χ0v) is 11.5. The molecule has 0 spiro atoms. The Labute approximate surface area is 112 Å². The van der Waals surface area contributed by atoms with E-state index >= 15 is 0 Å². The summed E-state index contributed by atoms with van der Waals surface area (Å²) in [6.07, 6.45) is 2.02. The van der Waals surface area contributed by atoms with E-state index in [1.807, 2.05) is 6.92 Å². The molecular formula is C11H18N4O3S. The largest absolute Gasteiger partial charge is 0.395 e. The third kappa shape index (κ3) is 2.57. The quantitative estimate of drug-likeness (QED) is 0.520. The van der Waals surface area contributed by atoms with E-state index in [0.29, 0.717) is 12.4 Å². The van der Waals surface area contributed by atoms with Crippen molar-refractivity contribution in [1.82, 2.24) is 9.29 Å². The number of hydrogen-bond acceptors (Lipinski definition) is 6. The molecular weight excluding hydrogens is 268 g/mol. The summed E-state index contributed by atoms with van der Waals surface area (Å²) in [6.45, 7) is 2.19. The second-order valence-electron chi connectivity index (χ2n) is 4.66. The number of nitrogens with zero attached hydrogens (tertiary/aromatic N) is 2. The van der Waals surface area contributed by atoms with Gasteiger partial charge in [0.2, 0.25) is 10.0 Å². The fraction of sp³-hybridized carbons (Fsp3) is 0.545. The van der Waals surface area contributed by atoms with E-state index in [2.05, 4.69) is 10.4 Å². The molecule has 0 aromatic carbocycles. The molecule has 2 heterocycles. The van der Waals surface area contributed by atoms with Crippen LogP contribution in [0.5, 0.6) is 0 Å². The molecule has 1 aromatic rings. The van der Waals surface area contributed by atoms with E-state index in [1.165, 1.54) is 22.6 Å². The summed E-state index contributed by atoms with van der Waals surface area (Å²) in [5.41, 5.74) is 2.34. The molecule has 106 valence electrons. The second kappa shape index (κ2) is 5.41. The minimum atomic E-state index is -3.62. The SMILES string of the molecule is CC1CCN(S(=O)(=O)c2ccc(NN)nc2)C1CO. The van der Waals surface area contributed by atoms with Crippen molar-refractivity contribution in [2.75, 3.05) is 18.6 Å². The van der Waals surface area contributed by atoms with Gasteiger partial charge in [-0.25, -0.2) is 19.2 Å². The zero-order valence-electron chi connectivity index (χ0n) is 10.7. The topological polar surface area (TPSA) is 109 Å². The molecule has 1 aliphatic rings. The number of hydrogen-bond donors (Lipinski definition) is 3. The van der Waals surface area contributed by atoms with E-state index in [0.717, 1.165) is 6.42 Å². The molecule has 1 fully saturated rings. The molecule has 0 saturated carbocycles. The normalized spacial score (nSPS) is 24.6. The molecule has 7 nitrogen and oxygen atoms in total. The molecule has 8 heteroatoms. The number of rotatable bonds is 4. The number of nitrogen functional groups attached to an aromatic ring is 1. The first kappa shape index (κ1) is 14.2. The van der Waals surface area contributed by atoms with Gasteiger partial charge in [-0.3, -0.25) is 0 Å². The highest BCUT2D eigenvalue weighted by atomic mass is 32.2. The van der Waals surface area contributed by atoms with Crippen LogP contribution in [0.2, 0.25) is 0 Å². The minimum absolute atomic E-state index is 0.110. The van der Waals surface area contributed by atoms with Gasteiger partial charge in [-0.15, -0.1) is 0 Å². The Bertz CT molecular complexity index is 531. The van der Waals surface area contributed by atoms with Crippen LogP contribution in [0.4, 0.5) is 5.82 Å². The average Bonchev–Trinajstić information content (AvgIpc) is 2.80. The van der Waals surface area contributed by atoms with E-state index in [9.17, 15) is 13.5 Å². The minimum Gasteiger partial charge on any atom is -0.395 e. The van der Waals surface area contributed by atoms with Gasteiger partial charge in [-0.1, -0.05) is 6.92 Å².